The van der Waals surface area contributed by atoms with Crippen molar-refractivity contribution in [2.45, 2.75) is 13.8 Å². The monoisotopic (exact) mass is 481 g/mol. The van der Waals surface area contributed by atoms with E-state index in [1.165, 1.54) is 13.1 Å². The minimum absolute atomic E-state index is 0.204. The molecule has 2 rings (SSSR count). The summed E-state index contributed by atoms with van der Waals surface area (Å²) in [6.07, 6.45) is 1.51. The zero-order chi connectivity index (χ0) is 19.1. The number of anilines is 1. The number of nitrogens with one attached hydrogen (secondary N) is 2. The second kappa shape index (κ2) is 9.49. The number of halogens is 2. The van der Waals surface area contributed by atoms with Gasteiger partial charge in [-0.2, -0.15) is 5.10 Å². The van der Waals surface area contributed by atoms with Crippen LogP contribution in [-0.2, 0) is 4.79 Å². The summed E-state index contributed by atoms with van der Waals surface area (Å²) < 4.78 is 7.24. The van der Waals surface area contributed by atoms with E-state index in [1.54, 1.807) is 24.3 Å². The van der Waals surface area contributed by atoms with E-state index in [0.717, 1.165) is 8.95 Å². The lowest BCUT2D eigenvalue weighted by Gasteiger charge is -2.10. The lowest BCUT2D eigenvalue weighted by molar-refractivity contribution is -0.114. The zero-order valence-corrected chi connectivity index (χ0v) is 17.3. The van der Waals surface area contributed by atoms with Crippen LogP contribution in [0.1, 0.15) is 29.8 Å². The van der Waals surface area contributed by atoms with Crippen molar-refractivity contribution in [1.82, 2.24) is 5.43 Å². The van der Waals surface area contributed by atoms with Crippen molar-refractivity contribution in [2.75, 3.05) is 11.9 Å². The molecule has 0 fully saturated rings. The second-order valence-electron chi connectivity index (χ2n) is 5.20. The number of amides is 2. The van der Waals surface area contributed by atoms with E-state index >= 15 is 0 Å². The summed E-state index contributed by atoms with van der Waals surface area (Å²) in [6.45, 7) is 3.80. The Morgan fingerprint density at radius 1 is 1.23 bits per heavy atom. The van der Waals surface area contributed by atoms with Crippen LogP contribution in [0.3, 0.4) is 0 Å². The second-order valence-corrected chi connectivity index (χ2v) is 6.97. The highest BCUT2D eigenvalue weighted by Crippen LogP contribution is 2.32. The Balaban J connectivity index is 2.13. The molecule has 0 aromatic heterocycles. The maximum Gasteiger partial charge on any atom is 0.271 e. The van der Waals surface area contributed by atoms with E-state index in [2.05, 4.69) is 47.7 Å². The molecular formula is C18H17Br2N3O3. The first-order valence-electron chi connectivity index (χ1n) is 7.73. The molecule has 2 aromatic carbocycles. The first kappa shape index (κ1) is 20.1. The van der Waals surface area contributed by atoms with Gasteiger partial charge in [0.15, 0.2) is 0 Å². The molecule has 0 aliphatic rings. The average molecular weight is 483 g/mol. The number of hydrogen-bond donors (Lipinski definition) is 2. The smallest absolute Gasteiger partial charge is 0.271 e. The molecule has 0 spiro atoms. The molecule has 2 amide bonds. The Morgan fingerprint density at radius 3 is 2.69 bits per heavy atom. The Labute approximate surface area is 168 Å². The van der Waals surface area contributed by atoms with Crippen LogP contribution in [0.5, 0.6) is 5.75 Å². The summed E-state index contributed by atoms with van der Waals surface area (Å²) in [5, 5.41) is 6.63. The maximum atomic E-state index is 12.2. The van der Waals surface area contributed by atoms with Crippen molar-refractivity contribution in [3.8, 4) is 5.75 Å². The number of carbonyl (C=O) groups excluding carboxylic acids is 2. The van der Waals surface area contributed by atoms with Gasteiger partial charge in [-0.15, -0.1) is 0 Å². The normalized spacial score (nSPS) is 10.6. The van der Waals surface area contributed by atoms with Crippen LogP contribution in [0.15, 0.2) is 50.4 Å². The molecule has 2 aromatic rings. The quantitative estimate of drug-likeness (QED) is 0.475. The van der Waals surface area contributed by atoms with Crippen molar-refractivity contribution in [2.24, 2.45) is 5.10 Å². The number of ether oxygens (including phenoxy) is 1. The third kappa shape index (κ3) is 5.67. The Kier molecular flexibility index (Phi) is 7.35. The van der Waals surface area contributed by atoms with Gasteiger partial charge >= 0.3 is 0 Å². The Hall–Kier alpha value is -2.19. The predicted molar refractivity (Wildman–Crippen MR) is 109 cm³/mol. The molecule has 0 atom stereocenters. The molecule has 0 bridgehead atoms. The molecular weight excluding hydrogens is 466 g/mol. The number of rotatable bonds is 6. The summed E-state index contributed by atoms with van der Waals surface area (Å²) in [7, 11) is 0. The number of hydrazone groups is 1. The topological polar surface area (TPSA) is 79.8 Å². The highest BCUT2D eigenvalue weighted by Gasteiger charge is 2.09. The van der Waals surface area contributed by atoms with E-state index in [0.29, 0.717) is 29.2 Å². The SMILES string of the molecule is CCOc1c(Br)cc(Br)cc1/C=N\NC(=O)c1cccc(NC(C)=O)c1. The van der Waals surface area contributed by atoms with Gasteiger partial charge in [-0.1, -0.05) is 22.0 Å². The fourth-order valence-electron chi connectivity index (χ4n) is 2.14. The maximum absolute atomic E-state index is 12.2. The van der Waals surface area contributed by atoms with E-state index in [1.807, 2.05) is 19.1 Å². The fraction of sp³-hybridized carbons (Fsp3) is 0.167. The van der Waals surface area contributed by atoms with E-state index in [4.69, 9.17) is 4.74 Å². The molecule has 136 valence electrons. The molecule has 0 aliphatic heterocycles. The van der Waals surface area contributed by atoms with E-state index < -0.39 is 0 Å². The summed E-state index contributed by atoms with van der Waals surface area (Å²) in [5.41, 5.74) is 4.10. The van der Waals surface area contributed by atoms with Gasteiger partial charge in [0.25, 0.3) is 5.91 Å². The van der Waals surface area contributed by atoms with Gasteiger partial charge in [-0.3, -0.25) is 9.59 Å². The van der Waals surface area contributed by atoms with Crippen LogP contribution >= 0.6 is 31.9 Å². The molecule has 0 unspecified atom stereocenters. The van der Waals surface area contributed by atoms with E-state index in [-0.39, 0.29) is 11.8 Å². The minimum Gasteiger partial charge on any atom is -0.492 e. The first-order valence-corrected chi connectivity index (χ1v) is 9.32. The van der Waals surface area contributed by atoms with Crippen molar-refractivity contribution < 1.29 is 14.3 Å². The van der Waals surface area contributed by atoms with Crippen LogP contribution < -0.4 is 15.5 Å². The van der Waals surface area contributed by atoms with Crippen LogP contribution in [0, 0.1) is 0 Å². The lowest BCUT2D eigenvalue weighted by atomic mass is 10.2. The van der Waals surface area contributed by atoms with Gasteiger partial charge in [-0.25, -0.2) is 5.43 Å². The highest BCUT2D eigenvalue weighted by molar-refractivity contribution is 9.11. The number of nitrogens with zero attached hydrogens (tertiary/aromatic N) is 1. The first-order chi connectivity index (χ1) is 12.4. The Bertz CT molecular complexity index is 854. The summed E-state index contributed by atoms with van der Waals surface area (Å²) >= 11 is 6.86. The van der Waals surface area contributed by atoms with Crippen molar-refractivity contribution in [3.63, 3.8) is 0 Å². The third-order valence-electron chi connectivity index (χ3n) is 3.14. The van der Waals surface area contributed by atoms with Crippen molar-refractivity contribution >= 4 is 55.6 Å². The highest BCUT2D eigenvalue weighted by atomic mass is 79.9. The van der Waals surface area contributed by atoms with Crippen LogP contribution in [0.2, 0.25) is 0 Å². The van der Waals surface area contributed by atoms with Crippen molar-refractivity contribution in [1.29, 1.82) is 0 Å². The molecule has 8 heteroatoms. The van der Waals surface area contributed by atoms with E-state index in [9.17, 15) is 9.59 Å². The zero-order valence-electron chi connectivity index (χ0n) is 14.2. The number of benzene rings is 2. The molecule has 0 heterocycles. The molecule has 0 aliphatic carbocycles. The third-order valence-corrected chi connectivity index (χ3v) is 4.19. The molecule has 26 heavy (non-hydrogen) atoms. The summed E-state index contributed by atoms with van der Waals surface area (Å²) in [4.78, 5) is 23.3. The summed E-state index contributed by atoms with van der Waals surface area (Å²) in [5.74, 6) is 0.0473. The number of hydrogen-bond acceptors (Lipinski definition) is 4. The molecule has 0 saturated carbocycles. The summed E-state index contributed by atoms with van der Waals surface area (Å²) in [6, 6.07) is 10.3. The predicted octanol–water partition coefficient (Wildman–Crippen LogP) is 4.33. The van der Waals surface area contributed by atoms with Crippen LogP contribution in [-0.4, -0.2) is 24.6 Å². The fourth-order valence-corrected chi connectivity index (χ4v) is 3.51. The lowest BCUT2D eigenvalue weighted by Crippen LogP contribution is -2.18. The molecule has 0 radical (unpaired) electrons. The standard InChI is InChI=1S/C18H17Br2N3O3/c1-3-26-17-13(7-14(19)9-16(17)20)10-21-23-18(25)12-5-4-6-15(8-12)22-11(2)24/h4-10H,3H2,1-2H3,(H,22,24)(H,23,25)/b21-10-. The average Bonchev–Trinajstić information content (AvgIpc) is 2.57. The van der Waals surface area contributed by atoms with Gasteiger partial charge < -0.3 is 10.1 Å². The molecule has 6 nitrogen and oxygen atoms in total. The van der Waals surface area contributed by atoms with Crippen LogP contribution in [0.25, 0.3) is 0 Å². The van der Waals surface area contributed by atoms with Gasteiger partial charge in [0.05, 0.1) is 17.3 Å². The van der Waals surface area contributed by atoms with Crippen molar-refractivity contribution in [3.05, 3.63) is 56.5 Å². The largest absolute Gasteiger partial charge is 0.492 e. The van der Waals surface area contributed by atoms with Gasteiger partial charge in [0, 0.05) is 28.2 Å². The molecule has 0 saturated heterocycles. The van der Waals surface area contributed by atoms with Gasteiger partial charge in [-0.05, 0) is 53.2 Å². The van der Waals surface area contributed by atoms with Gasteiger partial charge in [0.2, 0.25) is 5.91 Å². The van der Waals surface area contributed by atoms with Crippen LogP contribution in [0.4, 0.5) is 5.69 Å². The molecule has 2 N–H and O–H groups in total. The van der Waals surface area contributed by atoms with Gasteiger partial charge in [0.1, 0.15) is 5.75 Å². The minimum atomic E-state index is -0.388. The number of carbonyl (C=O) groups is 2. The Morgan fingerprint density at radius 2 is 2.00 bits per heavy atom.